The lowest BCUT2D eigenvalue weighted by Gasteiger charge is -2.20. The molecule has 0 radical (unpaired) electrons. The summed E-state index contributed by atoms with van der Waals surface area (Å²) in [6.45, 7) is 14.9. The number of nitrogens with one attached hydrogen (secondary N) is 1. The fourth-order valence-electron chi connectivity index (χ4n) is 1.48. The topological polar surface area (TPSA) is 47.6 Å². The fraction of sp³-hybridized carbons (Fsp3) is 0.938. The molecular weight excluding hydrogens is 254 g/mol. The summed E-state index contributed by atoms with van der Waals surface area (Å²) in [7, 11) is 0. The molecule has 0 bridgehead atoms. The monoisotopic (exact) mass is 287 g/mol. The van der Waals surface area contributed by atoms with E-state index in [4.69, 9.17) is 9.47 Å². The van der Waals surface area contributed by atoms with E-state index in [2.05, 4.69) is 26.1 Å². The van der Waals surface area contributed by atoms with E-state index in [1.165, 1.54) is 0 Å². The van der Waals surface area contributed by atoms with Crippen LogP contribution in [0.5, 0.6) is 0 Å². The van der Waals surface area contributed by atoms with Crippen LogP contribution in [0.15, 0.2) is 0 Å². The third-order valence-corrected chi connectivity index (χ3v) is 2.53. The van der Waals surface area contributed by atoms with Gasteiger partial charge in [-0.15, -0.1) is 0 Å². The van der Waals surface area contributed by atoms with Crippen LogP contribution in [-0.2, 0) is 14.3 Å². The van der Waals surface area contributed by atoms with Crippen molar-refractivity contribution in [2.75, 3.05) is 26.4 Å². The van der Waals surface area contributed by atoms with Gasteiger partial charge < -0.3 is 14.8 Å². The molecule has 0 rings (SSSR count). The van der Waals surface area contributed by atoms with Crippen LogP contribution >= 0.6 is 0 Å². The minimum atomic E-state index is -0.244. The van der Waals surface area contributed by atoms with Gasteiger partial charge in [-0.1, -0.05) is 0 Å². The maximum atomic E-state index is 11.5. The van der Waals surface area contributed by atoms with Crippen molar-refractivity contribution in [1.82, 2.24) is 5.32 Å². The Labute approximate surface area is 124 Å². The van der Waals surface area contributed by atoms with E-state index in [0.29, 0.717) is 13.0 Å². The standard InChI is InChI=1S/C16H33NO3/c1-15(2,3)17-10-8-12-19-11-7-9-14(18)13-20-16(4,5)6/h17H,7-13H2,1-6H3. The van der Waals surface area contributed by atoms with Crippen LogP contribution in [0, 0.1) is 0 Å². The maximum absolute atomic E-state index is 11.5. The van der Waals surface area contributed by atoms with Crippen LogP contribution in [0.2, 0.25) is 0 Å². The first-order valence-electron chi connectivity index (χ1n) is 7.58. The molecule has 0 saturated heterocycles. The van der Waals surface area contributed by atoms with Crippen molar-refractivity contribution < 1.29 is 14.3 Å². The van der Waals surface area contributed by atoms with Gasteiger partial charge in [0.2, 0.25) is 0 Å². The number of carbonyl (C=O) groups is 1. The molecule has 0 aliphatic heterocycles. The predicted octanol–water partition coefficient (Wildman–Crippen LogP) is 2.95. The van der Waals surface area contributed by atoms with Crippen LogP contribution in [-0.4, -0.2) is 43.3 Å². The molecule has 0 spiro atoms. The van der Waals surface area contributed by atoms with Crippen LogP contribution < -0.4 is 5.32 Å². The van der Waals surface area contributed by atoms with Gasteiger partial charge in [-0.3, -0.25) is 4.79 Å². The lowest BCUT2D eigenvalue weighted by molar-refractivity contribution is -0.128. The van der Waals surface area contributed by atoms with E-state index >= 15 is 0 Å². The van der Waals surface area contributed by atoms with Crippen molar-refractivity contribution in [2.24, 2.45) is 0 Å². The molecule has 20 heavy (non-hydrogen) atoms. The van der Waals surface area contributed by atoms with Crippen molar-refractivity contribution in [1.29, 1.82) is 0 Å². The van der Waals surface area contributed by atoms with Crippen LogP contribution in [0.1, 0.15) is 60.8 Å². The zero-order valence-corrected chi connectivity index (χ0v) is 14.2. The molecular formula is C16H33NO3. The highest BCUT2D eigenvalue weighted by atomic mass is 16.5. The molecule has 0 amide bonds. The van der Waals surface area contributed by atoms with Gasteiger partial charge in [0, 0.05) is 25.2 Å². The SMILES string of the molecule is CC(C)(C)NCCCOCCCC(=O)COC(C)(C)C. The third kappa shape index (κ3) is 15.6. The molecule has 4 nitrogen and oxygen atoms in total. The molecule has 1 N–H and O–H groups in total. The molecule has 0 aliphatic rings. The Morgan fingerprint density at radius 3 is 2.15 bits per heavy atom. The van der Waals surface area contributed by atoms with E-state index in [0.717, 1.165) is 26.0 Å². The average molecular weight is 287 g/mol. The van der Waals surface area contributed by atoms with Gasteiger partial charge in [-0.25, -0.2) is 0 Å². The summed E-state index contributed by atoms with van der Waals surface area (Å²) >= 11 is 0. The first kappa shape index (κ1) is 19.6. The van der Waals surface area contributed by atoms with Gasteiger partial charge in [0.15, 0.2) is 5.78 Å². The number of Topliss-reactive ketones (excluding diaryl/α,β-unsaturated/α-hetero) is 1. The molecule has 0 aromatic rings. The zero-order chi connectivity index (χ0) is 15.6. The Kier molecular flexibility index (Phi) is 9.27. The smallest absolute Gasteiger partial charge is 0.158 e. The summed E-state index contributed by atoms with van der Waals surface area (Å²) in [5.41, 5.74) is -0.0777. The second-order valence-corrected chi connectivity index (χ2v) is 7.19. The lowest BCUT2D eigenvalue weighted by Crippen LogP contribution is -2.36. The molecule has 0 heterocycles. The summed E-state index contributed by atoms with van der Waals surface area (Å²) in [6, 6.07) is 0. The average Bonchev–Trinajstić information content (AvgIpc) is 2.27. The Hall–Kier alpha value is -0.450. The van der Waals surface area contributed by atoms with Gasteiger partial charge in [-0.05, 0) is 60.9 Å². The number of hydrogen-bond donors (Lipinski definition) is 1. The Morgan fingerprint density at radius 2 is 1.60 bits per heavy atom. The molecule has 0 fully saturated rings. The second kappa shape index (κ2) is 9.48. The lowest BCUT2D eigenvalue weighted by atomic mass is 10.1. The molecule has 0 aromatic carbocycles. The van der Waals surface area contributed by atoms with Crippen LogP contribution in [0.3, 0.4) is 0 Å². The number of ether oxygens (including phenoxy) is 2. The molecule has 120 valence electrons. The minimum Gasteiger partial charge on any atom is -0.381 e. The molecule has 4 heteroatoms. The number of hydrogen-bond acceptors (Lipinski definition) is 4. The van der Waals surface area contributed by atoms with Gasteiger partial charge in [0.1, 0.15) is 6.61 Å². The number of ketones is 1. The summed E-state index contributed by atoms with van der Waals surface area (Å²) in [5, 5.41) is 3.41. The van der Waals surface area contributed by atoms with Crippen molar-refractivity contribution in [3.63, 3.8) is 0 Å². The first-order valence-corrected chi connectivity index (χ1v) is 7.58. The van der Waals surface area contributed by atoms with Crippen molar-refractivity contribution in [3.8, 4) is 0 Å². The van der Waals surface area contributed by atoms with Gasteiger partial charge in [0.05, 0.1) is 5.60 Å². The van der Waals surface area contributed by atoms with E-state index in [1.54, 1.807) is 0 Å². The summed E-state index contributed by atoms with van der Waals surface area (Å²) in [6.07, 6.45) is 2.31. The summed E-state index contributed by atoms with van der Waals surface area (Å²) in [5.74, 6) is 0.151. The van der Waals surface area contributed by atoms with E-state index in [1.807, 2.05) is 20.8 Å². The third-order valence-electron chi connectivity index (χ3n) is 2.53. The maximum Gasteiger partial charge on any atom is 0.158 e. The zero-order valence-electron chi connectivity index (χ0n) is 14.2. The van der Waals surface area contributed by atoms with E-state index < -0.39 is 0 Å². The first-order chi connectivity index (χ1) is 9.10. The summed E-state index contributed by atoms with van der Waals surface area (Å²) in [4.78, 5) is 11.5. The number of carbonyl (C=O) groups excluding carboxylic acids is 1. The van der Waals surface area contributed by atoms with Crippen LogP contribution in [0.25, 0.3) is 0 Å². The normalized spacial score (nSPS) is 12.7. The molecule has 0 saturated carbocycles. The quantitative estimate of drug-likeness (QED) is 0.628. The molecule has 0 atom stereocenters. The van der Waals surface area contributed by atoms with E-state index in [9.17, 15) is 4.79 Å². The summed E-state index contributed by atoms with van der Waals surface area (Å²) < 4.78 is 10.9. The molecule has 0 unspecified atom stereocenters. The molecule has 0 aliphatic carbocycles. The van der Waals surface area contributed by atoms with E-state index in [-0.39, 0.29) is 23.5 Å². The Bertz CT molecular complexity index is 264. The highest BCUT2D eigenvalue weighted by Crippen LogP contribution is 2.07. The Balaban J connectivity index is 3.34. The number of rotatable bonds is 10. The largest absolute Gasteiger partial charge is 0.381 e. The van der Waals surface area contributed by atoms with Crippen molar-refractivity contribution >= 4 is 5.78 Å². The Morgan fingerprint density at radius 1 is 1.00 bits per heavy atom. The van der Waals surface area contributed by atoms with Crippen molar-refractivity contribution in [3.05, 3.63) is 0 Å². The minimum absolute atomic E-state index is 0.151. The fourth-order valence-corrected chi connectivity index (χ4v) is 1.48. The van der Waals surface area contributed by atoms with Gasteiger partial charge in [-0.2, -0.15) is 0 Å². The second-order valence-electron chi connectivity index (χ2n) is 7.19. The van der Waals surface area contributed by atoms with Crippen molar-refractivity contribution in [2.45, 2.75) is 71.9 Å². The van der Waals surface area contributed by atoms with Crippen LogP contribution in [0.4, 0.5) is 0 Å². The molecule has 0 aromatic heterocycles. The highest BCUT2D eigenvalue weighted by Gasteiger charge is 2.12. The highest BCUT2D eigenvalue weighted by molar-refractivity contribution is 5.79. The van der Waals surface area contributed by atoms with Gasteiger partial charge >= 0.3 is 0 Å². The predicted molar refractivity (Wildman–Crippen MR) is 83.1 cm³/mol. The van der Waals surface area contributed by atoms with Gasteiger partial charge in [0.25, 0.3) is 0 Å².